The van der Waals surface area contributed by atoms with Crippen molar-refractivity contribution in [3.05, 3.63) is 46.4 Å². The average molecular weight is 315 g/mol. The average Bonchev–Trinajstić information content (AvgIpc) is 2.28. The zero-order valence-electron chi connectivity index (χ0n) is 8.50. The molecule has 0 aliphatic rings. The predicted octanol–water partition coefficient (Wildman–Crippen LogP) is 2.92. The van der Waals surface area contributed by atoms with Crippen molar-refractivity contribution in [1.82, 2.24) is 0 Å². The Morgan fingerprint density at radius 2 is 1.76 bits per heavy atom. The van der Waals surface area contributed by atoms with Crippen molar-refractivity contribution in [2.24, 2.45) is 0 Å². The lowest BCUT2D eigenvalue weighted by atomic mass is 10.1. The van der Waals surface area contributed by atoms with Crippen LogP contribution >= 0.6 is 23.5 Å². The van der Waals surface area contributed by atoms with E-state index in [4.69, 9.17) is 9.79 Å². The zero-order valence-corrected chi connectivity index (χ0v) is 11.0. The quantitative estimate of drug-likeness (QED) is 0.836. The Bertz CT molecular complexity index is 647. The van der Waals surface area contributed by atoms with Gasteiger partial charge in [-0.15, -0.1) is 0 Å². The summed E-state index contributed by atoms with van der Waals surface area (Å²) in [5.74, 6) is 0. The Labute approximate surface area is 106 Å². The molecule has 0 heterocycles. The molecule has 4 nitrogen and oxygen atoms in total. The van der Waals surface area contributed by atoms with Crippen LogP contribution in [0.15, 0.2) is 40.9 Å². The molecule has 0 aliphatic carbocycles. The number of benzene rings is 2. The lowest BCUT2D eigenvalue weighted by Crippen LogP contribution is -2.01. The number of hydrogen-bond donors (Lipinski definition) is 2. The molecule has 88 valence electrons. The van der Waals surface area contributed by atoms with E-state index < -0.39 is 13.1 Å². The van der Waals surface area contributed by atoms with Gasteiger partial charge < -0.3 is 9.79 Å². The fraction of sp³-hybridized carbons (Fsp3) is 0. The highest BCUT2D eigenvalue weighted by Crippen LogP contribution is 2.42. The van der Waals surface area contributed by atoms with Gasteiger partial charge in [-0.2, -0.15) is 0 Å². The SMILES string of the molecule is O=C(c1ccc2ccccc2c1Br)P(=O)(O)O. The molecule has 2 rings (SSSR count). The Hall–Kier alpha value is -1.00. The summed E-state index contributed by atoms with van der Waals surface area (Å²) in [6.45, 7) is 0. The first-order valence-electron chi connectivity index (χ1n) is 4.69. The van der Waals surface area contributed by atoms with Crippen LogP contribution in [0.3, 0.4) is 0 Å². The Kier molecular flexibility index (Phi) is 3.19. The lowest BCUT2D eigenvalue weighted by Gasteiger charge is -2.07. The van der Waals surface area contributed by atoms with Crippen LogP contribution in [0, 0.1) is 0 Å². The van der Waals surface area contributed by atoms with Gasteiger partial charge in [0.15, 0.2) is 0 Å². The molecule has 0 spiro atoms. The van der Waals surface area contributed by atoms with E-state index in [9.17, 15) is 9.36 Å². The van der Waals surface area contributed by atoms with E-state index in [0.717, 1.165) is 10.8 Å². The van der Waals surface area contributed by atoms with Gasteiger partial charge in [-0.25, -0.2) is 0 Å². The molecule has 0 saturated carbocycles. The molecule has 2 aromatic rings. The van der Waals surface area contributed by atoms with Gasteiger partial charge in [0.25, 0.3) is 5.52 Å². The minimum Gasteiger partial charge on any atom is -0.319 e. The van der Waals surface area contributed by atoms with Gasteiger partial charge in [-0.05, 0) is 32.8 Å². The van der Waals surface area contributed by atoms with Crippen LogP contribution in [0.25, 0.3) is 10.8 Å². The highest BCUT2D eigenvalue weighted by atomic mass is 79.9. The third-order valence-corrected chi connectivity index (χ3v) is 3.98. The fourth-order valence-corrected chi connectivity index (χ4v) is 2.88. The third kappa shape index (κ3) is 2.33. The van der Waals surface area contributed by atoms with E-state index in [1.807, 2.05) is 12.1 Å². The van der Waals surface area contributed by atoms with Gasteiger partial charge in [0.2, 0.25) is 0 Å². The molecular weight excluding hydrogens is 307 g/mol. The summed E-state index contributed by atoms with van der Waals surface area (Å²) >= 11 is 3.21. The number of carbonyl (C=O) groups excluding carboxylic acids is 1. The zero-order chi connectivity index (χ0) is 12.6. The van der Waals surface area contributed by atoms with E-state index in [1.54, 1.807) is 18.2 Å². The second-order valence-corrected chi connectivity index (χ2v) is 5.78. The van der Waals surface area contributed by atoms with Crippen molar-refractivity contribution in [1.29, 1.82) is 0 Å². The fourth-order valence-electron chi connectivity index (χ4n) is 1.56. The summed E-state index contributed by atoms with van der Waals surface area (Å²) in [5, 5.41) is 1.63. The lowest BCUT2D eigenvalue weighted by molar-refractivity contribution is 0.104. The molecule has 0 aliphatic heterocycles. The predicted molar refractivity (Wildman–Crippen MR) is 68.0 cm³/mol. The molecule has 2 aromatic carbocycles. The van der Waals surface area contributed by atoms with Gasteiger partial charge in [-0.3, -0.25) is 9.36 Å². The second kappa shape index (κ2) is 4.35. The van der Waals surface area contributed by atoms with Crippen molar-refractivity contribution in [2.75, 3.05) is 0 Å². The van der Waals surface area contributed by atoms with Crippen molar-refractivity contribution in [3.63, 3.8) is 0 Å². The maximum absolute atomic E-state index is 11.5. The summed E-state index contributed by atoms with van der Waals surface area (Å²) < 4.78 is 11.4. The number of hydrogen-bond acceptors (Lipinski definition) is 2. The Morgan fingerprint density at radius 1 is 1.12 bits per heavy atom. The first-order chi connectivity index (χ1) is 7.91. The van der Waals surface area contributed by atoms with Gasteiger partial charge in [0, 0.05) is 10.0 Å². The number of rotatable bonds is 2. The van der Waals surface area contributed by atoms with Crippen molar-refractivity contribution in [2.45, 2.75) is 0 Å². The highest BCUT2D eigenvalue weighted by molar-refractivity contribution is 9.10. The van der Waals surface area contributed by atoms with Gasteiger partial charge in [0.05, 0.1) is 0 Å². The maximum Gasteiger partial charge on any atom is 0.396 e. The van der Waals surface area contributed by atoms with Crippen LogP contribution in [0.1, 0.15) is 10.4 Å². The molecule has 0 unspecified atom stereocenters. The summed E-state index contributed by atoms with van der Waals surface area (Å²) in [6, 6.07) is 10.3. The van der Waals surface area contributed by atoms with E-state index in [0.29, 0.717) is 4.47 Å². The molecule has 0 radical (unpaired) electrons. The monoisotopic (exact) mass is 314 g/mol. The minimum absolute atomic E-state index is 0.00275. The van der Waals surface area contributed by atoms with Crippen LogP contribution in [0.4, 0.5) is 0 Å². The molecule has 0 bridgehead atoms. The normalized spacial score (nSPS) is 11.7. The Balaban J connectivity index is 2.69. The van der Waals surface area contributed by atoms with Crippen LogP contribution < -0.4 is 0 Å². The van der Waals surface area contributed by atoms with Crippen LogP contribution in [0.2, 0.25) is 0 Å². The van der Waals surface area contributed by atoms with Gasteiger partial charge >= 0.3 is 7.60 Å². The largest absolute Gasteiger partial charge is 0.396 e. The van der Waals surface area contributed by atoms with E-state index >= 15 is 0 Å². The second-order valence-electron chi connectivity index (χ2n) is 3.50. The number of halogens is 1. The summed E-state index contributed by atoms with van der Waals surface area (Å²) in [4.78, 5) is 29.3. The van der Waals surface area contributed by atoms with Crippen molar-refractivity contribution < 1.29 is 19.1 Å². The summed E-state index contributed by atoms with van der Waals surface area (Å²) in [7, 11) is -4.75. The van der Waals surface area contributed by atoms with Crippen molar-refractivity contribution >= 4 is 39.8 Å². The standard InChI is InChI=1S/C11H8BrO4P/c12-10-8-4-2-1-3-7(8)5-6-9(10)11(13)17(14,15)16/h1-6H,(H2,14,15,16). The third-order valence-electron chi connectivity index (χ3n) is 2.36. The van der Waals surface area contributed by atoms with E-state index in [2.05, 4.69) is 15.9 Å². The molecule has 2 N–H and O–H groups in total. The molecule has 17 heavy (non-hydrogen) atoms. The molecule has 0 fully saturated rings. The van der Waals surface area contributed by atoms with E-state index in [1.165, 1.54) is 6.07 Å². The van der Waals surface area contributed by atoms with Crippen molar-refractivity contribution in [3.8, 4) is 0 Å². The highest BCUT2D eigenvalue weighted by Gasteiger charge is 2.29. The van der Waals surface area contributed by atoms with Gasteiger partial charge in [0.1, 0.15) is 0 Å². The smallest absolute Gasteiger partial charge is 0.319 e. The van der Waals surface area contributed by atoms with Crippen LogP contribution in [-0.4, -0.2) is 15.3 Å². The number of fused-ring (bicyclic) bond motifs is 1. The molecule has 0 aromatic heterocycles. The topological polar surface area (TPSA) is 74.6 Å². The van der Waals surface area contributed by atoms with E-state index in [-0.39, 0.29) is 5.56 Å². The van der Waals surface area contributed by atoms with Crippen LogP contribution in [0.5, 0.6) is 0 Å². The Morgan fingerprint density at radius 3 is 2.41 bits per heavy atom. The number of carbonyl (C=O) groups is 1. The first-order valence-corrected chi connectivity index (χ1v) is 7.09. The first kappa shape index (κ1) is 12.5. The van der Waals surface area contributed by atoms with Crippen LogP contribution in [-0.2, 0) is 4.57 Å². The molecule has 0 saturated heterocycles. The molecule has 0 amide bonds. The maximum atomic E-state index is 11.5. The molecule has 0 atom stereocenters. The van der Waals surface area contributed by atoms with Gasteiger partial charge in [-0.1, -0.05) is 30.3 Å². The summed E-state index contributed by atoms with van der Waals surface area (Å²) in [5.41, 5.74) is -1.17. The molecule has 6 heteroatoms. The summed E-state index contributed by atoms with van der Waals surface area (Å²) in [6.07, 6.45) is 0. The molecular formula is C11H8BrO4P. The minimum atomic E-state index is -4.75.